The van der Waals surface area contributed by atoms with Crippen LogP contribution in [0.15, 0.2) is 23.1 Å². The van der Waals surface area contributed by atoms with Crippen LogP contribution in [-0.4, -0.2) is 21.5 Å². The Balaban J connectivity index is 2.03. The molecule has 4 nitrogen and oxygen atoms in total. The molecule has 0 atom stereocenters. The van der Waals surface area contributed by atoms with E-state index in [1.54, 1.807) is 0 Å². The molecule has 1 fully saturated rings. The van der Waals surface area contributed by atoms with Gasteiger partial charge in [0.1, 0.15) is 5.82 Å². The third-order valence-electron chi connectivity index (χ3n) is 3.65. The lowest BCUT2D eigenvalue weighted by Gasteiger charge is -2.25. The largest absolute Gasteiger partial charge is 0.320 e. The van der Waals surface area contributed by atoms with Crippen molar-refractivity contribution in [2.24, 2.45) is 11.7 Å². The van der Waals surface area contributed by atoms with E-state index in [9.17, 15) is 12.8 Å². The van der Waals surface area contributed by atoms with Gasteiger partial charge in [-0.2, -0.15) is 0 Å². The van der Waals surface area contributed by atoms with E-state index >= 15 is 0 Å². The van der Waals surface area contributed by atoms with Crippen molar-refractivity contribution in [3.8, 4) is 11.8 Å². The van der Waals surface area contributed by atoms with E-state index < -0.39 is 15.8 Å². The Morgan fingerprint density at radius 2 is 2.14 bits per heavy atom. The molecule has 0 aliphatic heterocycles. The first-order chi connectivity index (χ1) is 10.0. The van der Waals surface area contributed by atoms with Gasteiger partial charge < -0.3 is 5.73 Å². The van der Waals surface area contributed by atoms with E-state index in [4.69, 9.17) is 5.73 Å². The predicted octanol–water partition coefficient (Wildman–Crippen LogP) is 1.60. The first kappa shape index (κ1) is 16.0. The van der Waals surface area contributed by atoms with Crippen molar-refractivity contribution >= 4 is 10.0 Å². The summed E-state index contributed by atoms with van der Waals surface area (Å²) in [4.78, 5) is -0.0769. The highest BCUT2D eigenvalue weighted by atomic mass is 32.2. The lowest BCUT2D eigenvalue weighted by atomic mass is 9.83. The van der Waals surface area contributed by atoms with Crippen LogP contribution in [0, 0.1) is 23.6 Å². The second kappa shape index (κ2) is 7.03. The molecule has 1 aromatic rings. The molecular weight excluding hydrogens is 291 g/mol. The summed E-state index contributed by atoms with van der Waals surface area (Å²) in [5, 5.41) is 0. The molecule has 0 heterocycles. The maximum Gasteiger partial charge on any atom is 0.240 e. The Hall–Kier alpha value is -1.42. The number of benzene rings is 1. The molecule has 0 bridgehead atoms. The second-order valence-electron chi connectivity index (χ2n) is 5.13. The lowest BCUT2D eigenvalue weighted by Crippen LogP contribution is -2.27. The Labute approximate surface area is 125 Å². The lowest BCUT2D eigenvalue weighted by molar-refractivity contribution is 0.297. The minimum absolute atomic E-state index is 0.0769. The van der Waals surface area contributed by atoms with Gasteiger partial charge in [-0.3, -0.25) is 0 Å². The van der Waals surface area contributed by atoms with Gasteiger partial charge in [-0.15, -0.1) is 0 Å². The van der Waals surface area contributed by atoms with E-state index in [0.717, 1.165) is 12.5 Å². The number of hydrogen-bond acceptors (Lipinski definition) is 3. The van der Waals surface area contributed by atoms with Gasteiger partial charge in [-0.25, -0.2) is 17.5 Å². The van der Waals surface area contributed by atoms with Crippen LogP contribution < -0.4 is 10.5 Å². The summed E-state index contributed by atoms with van der Waals surface area (Å²) in [7, 11) is -3.66. The standard InChI is InChI=1S/C15H19FN2O2S/c16-15-11-14(7-6-13(15)5-2-9-17)21(19,20)18-10-8-12-3-1-4-12/h6-7,11-12,18H,1,3-4,8-10,17H2. The van der Waals surface area contributed by atoms with Crippen molar-refractivity contribution in [1.82, 2.24) is 4.72 Å². The highest BCUT2D eigenvalue weighted by molar-refractivity contribution is 7.89. The Morgan fingerprint density at radius 3 is 2.71 bits per heavy atom. The fourth-order valence-corrected chi connectivity index (χ4v) is 3.23. The average Bonchev–Trinajstić information content (AvgIpc) is 2.40. The van der Waals surface area contributed by atoms with Gasteiger partial charge in [0.2, 0.25) is 10.0 Å². The maximum absolute atomic E-state index is 13.8. The molecule has 3 N–H and O–H groups in total. The van der Waals surface area contributed by atoms with Crippen LogP contribution in [0.5, 0.6) is 0 Å². The molecule has 6 heteroatoms. The normalized spacial score (nSPS) is 15.1. The van der Waals surface area contributed by atoms with Gasteiger partial charge in [0.15, 0.2) is 0 Å². The number of rotatable bonds is 5. The Bertz CT molecular complexity index is 658. The summed E-state index contributed by atoms with van der Waals surface area (Å²) in [5.41, 5.74) is 5.37. The van der Waals surface area contributed by atoms with E-state index in [2.05, 4.69) is 16.6 Å². The number of nitrogens with two attached hydrogens (primary N) is 1. The summed E-state index contributed by atoms with van der Waals surface area (Å²) in [6.07, 6.45) is 4.41. The van der Waals surface area contributed by atoms with Crippen LogP contribution in [0.4, 0.5) is 4.39 Å². The molecule has 1 aliphatic carbocycles. The Morgan fingerprint density at radius 1 is 1.38 bits per heavy atom. The molecule has 1 aliphatic rings. The molecular formula is C15H19FN2O2S. The quantitative estimate of drug-likeness (QED) is 0.812. The van der Waals surface area contributed by atoms with Gasteiger partial charge >= 0.3 is 0 Å². The molecule has 0 saturated heterocycles. The third kappa shape index (κ3) is 4.27. The number of halogens is 1. The zero-order valence-electron chi connectivity index (χ0n) is 11.7. The summed E-state index contributed by atoms with van der Waals surface area (Å²) in [6.45, 7) is 0.519. The molecule has 0 spiro atoms. The van der Waals surface area contributed by atoms with E-state index in [1.807, 2.05) is 0 Å². The highest BCUT2D eigenvalue weighted by Crippen LogP contribution is 2.28. The van der Waals surface area contributed by atoms with E-state index in [0.29, 0.717) is 12.5 Å². The molecule has 0 radical (unpaired) electrons. The highest BCUT2D eigenvalue weighted by Gasteiger charge is 2.19. The summed E-state index contributed by atoms with van der Waals surface area (Å²) >= 11 is 0. The minimum Gasteiger partial charge on any atom is -0.320 e. The fourth-order valence-electron chi connectivity index (χ4n) is 2.17. The number of hydrogen-bond donors (Lipinski definition) is 2. The fraction of sp³-hybridized carbons (Fsp3) is 0.467. The first-order valence-electron chi connectivity index (χ1n) is 7.01. The second-order valence-corrected chi connectivity index (χ2v) is 6.90. The monoisotopic (exact) mass is 310 g/mol. The molecule has 114 valence electrons. The third-order valence-corrected chi connectivity index (χ3v) is 5.10. The van der Waals surface area contributed by atoms with E-state index in [-0.39, 0.29) is 17.0 Å². The Kier molecular flexibility index (Phi) is 5.34. The predicted molar refractivity (Wildman–Crippen MR) is 79.5 cm³/mol. The topological polar surface area (TPSA) is 72.2 Å². The molecule has 0 unspecified atom stereocenters. The van der Waals surface area contributed by atoms with Crippen LogP contribution in [0.2, 0.25) is 0 Å². The van der Waals surface area contributed by atoms with Crippen molar-refractivity contribution in [2.45, 2.75) is 30.6 Å². The first-order valence-corrected chi connectivity index (χ1v) is 8.49. The summed E-state index contributed by atoms with van der Waals surface area (Å²) in [6, 6.07) is 3.71. The van der Waals surface area contributed by atoms with Crippen LogP contribution in [0.1, 0.15) is 31.2 Å². The molecule has 0 amide bonds. The van der Waals surface area contributed by atoms with Crippen LogP contribution in [0.3, 0.4) is 0 Å². The van der Waals surface area contributed by atoms with Crippen molar-refractivity contribution in [3.63, 3.8) is 0 Å². The van der Waals surface area contributed by atoms with Crippen LogP contribution in [-0.2, 0) is 10.0 Å². The minimum atomic E-state index is -3.66. The smallest absolute Gasteiger partial charge is 0.240 e. The van der Waals surface area contributed by atoms with Gasteiger partial charge in [0.05, 0.1) is 17.0 Å². The zero-order valence-corrected chi connectivity index (χ0v) is 12.5. The van der Waals surface area contributed by atoms with Crippen LogP contribution in [0.25, 0.3) is 0 Å². The van der Waals surface area contributed by atoms with Crippen molar-refractivity contribution in [1.29, 1.82) is 0 Å². The molecule has 21 heavy (non-hydrogen) atoms. The zero-order chi connectivity index (χ0) is 15.3. The number of sulfonamides is 1. The molecule has 0 aromatic heterocycles. The molecule has 2 rings (SSSR count). The van der Waals surface area contributed by atoms with Gasteiger partial charge in [0, 0.05) is 6.54 Å². The van der Waals surface area contributed by atoms with Gasteiger partial charge in [-0.05, 0) is 30.5 Å². The molecule has 1 saturated carbocycles. The molecule has 1 aromatic carbocycles. The van der Waals surface area contributed by atoms with E-state index in [1.165, 1.54) is 31.4 Å². The van der Waals surface area contributed by atoms with Crippen molar-refractivity contribution < 1.29 is 12.8 Å². The van der Waals surface area contributed by atoms with Crippen LogP contribution >= 0.6 is 0 Å². The average molecular weight is 310 g/mol. The SMILES string of the molecule is NCC#Cc1ccc(S(=O)(=O)NCCC2CCC2)cc1F. The van der Waals surface area contributed by atoms with Crippen molar-refractivity contribution in [2.75, 3.05) is 13.1 Å². The number of nitrogens with one attached hydrogen (secondary N) is 1. The summed E-state index contributed by atoms with van der Waals surface area (Å²) < 4.78 is 40.4. The van der Waals surface area contributed by atoms with Crippen molar-refractivity contribution in [3.05, 3.63) is 29.6 Å². The maximum atomic E-state index is 13.8. The van der Waals surface area contributed by atoms with Gasteiger partial charge in [-0.1, -0.05) is 31.1 Å². The van der Waals surface area contributed by atoms with Gasteiger partial charge in [0.25, 0.3) is 0 Å². The summed E-state index contributed by atoms with van der Waals surface area (Å²) in [5.74, 6) is 5.06.